The summed E-state index contributed by atoms with van der Waals surface area (Å²) >= 11 is 5.11. The molecule has 3 N–H and O–H groups in total. The Labute approximate surface area is 96.5 Å². The molecule has 0 aromatic carbocycles. The molecule has 0 spiro atoms. The molecule has 0 saturated heterocycles. The molecule has 0 saturated carbocycles. The first-order chi connectivity index (χ1) is 6.54. The zero-order chi connectivity index (χ0) is 10.7. The summed E-state index contributed by atoms with van der Waals surface area (Å²) in [5.74, 6) is 6.17. The summed E-state index contributed by atoms with van der Waals surface area (Å²) in [7, 11) is 0. The Hall–Kier alpha value is -0.390. The Morgan fingerprint density at radius 1 is 1.64 bits per heavy atom. The topological polar surface area (TPSA) is 50.4 Å². The lowest BCUT2D eigenvalue weighted by molar-refractivity contribution is 0.821. The van der Waals surface area contributed by atoms with Crippen LogP contribution in [0.1, 0.15) is 24.3 Å². The number of thiophene rings is 1. The van der Waals surface area contributed by atoms with E-state index >= 15 is 0 Å². The Kier molecular flexibility index (Phi) is 4.10. The van der Waals surface area contributed by atoms with E-state index in [1.807, 2.05) is 20.8 Å². The maximum atomic E-state index is 5.42. The van der Waals surface area contributed by atoms with E-state index < -0.39 is 0 Å². The molecule has 0 aliphatic heterocycles. The summed E-state index contributed by atoms with van der Waals surface area (Å²) in [6, 6.07) is 2.30. The summed E-state index contributed by atoms with van der Waals surface area (Å²) < 4.78 is 1.12. The molecular formula is C9H14BrN3S. The first-order valence-electron chi connectivity index (χ1n) is 4.35. The molecule has 14 heavy (non-hydrogen) atoms. The number of hydrazine groups is 1. The monoisotopic (exact) mass is 275 g/mol. The second-order valence-corrected chi connectivity index (χ2v) is 5.65. The molecule has 3 nitrogen and oxygen atoms in total. The van der Waals surface area contributed by atoms with Crippen LogP contribution in [0.25, 0.3) is 0 Å². The largest absolute Gasteiger partial charge is 0.308 e. The first-order valence-corrected chi connectivity index (χ1v) is 5.96. The molecule has 0 bridgehead atoms. The molecule has 0 radical (unpaired) electrons. The number of nitrogens with zero attached hydrogens (tertiary/aromatic N) is 1. The molecule has 0 amide bonds. The zero-order valence-corrected chi connectivity index (χ0v) is 10.9. The van der Waals surface area contributed by atoms with Crippen molar-refractivity contribution in [1.82, 2.24) is 5.43 Å². The zero-order valence-electron chi connectivity index (χ0n) is 8.47. The number of nitrogens with one attached hydrogen (secondary N) is 1. The fourth-order valence-corrected chi connectivity index (χ4v) is 2.50. The standard InChI is InChI=1S/C9H14BrN3S/c1-5(2)12-9(13-11)7-4-6(3)8(10)14-7/h4-5H,11H2,1-3H3,(H,12,13). The van der Waals surface area contributed by atoms with Gasteiger partial charge in [0, 0.05) is 6.04 Å². The van der Waals surface area contributed by atoms with Gasteiger partial charge in [-0.25, -0.2) is 5.84 Å². The molecule has 78 valence electrons. The molecule has 0 aliphatic rings. The third kappa shape index (κ3) is 2.80. The second kappa shape index (κ2) is 4.91. The van der Waals surface area contributed by atoms with E-state index in [9.17, 15) is 0 Å². The van der Waals surface area contributed by atoms with Gasteiger partial charge < -0.3 is 5.43 Å². The van der Waals surface area contributed by atoms with Gasteiger partial charge in [0.1, 0.15) is 0 Å². The number of hydrogen-bond acceptors (Lipinski definition) is 3. The van der Waals surface area contributed by atoms with Crippen LogP contribution in [-0.4, -0.2) is 11.9 Å². The van der Waals surface area contributed by atoms with Crippen LogP contribution in [0.15, 0.2) is 14.8 Å². The van der Waals surface area contributed by atoms with Crippen molar-refractivity contribution < 1.29 is 0 Å². The number of halogens is 1. The number of aliphatic imine (C=N–C) groups is 1. The summed E-state index contributed by atoms with van der Waals surface area (Å²) in [5, 5.41) is 0. The van der Waals surface area contributed by atoms with Gasteiger partial charge in [-0.3, -0.25) is 4.99 Å². The third-order valence-corrected chi connectivity index (χ3v) is 3.76. The third-order valence-electron chi connectivity index (χ3n) is 1.61. The van der Waals surface area contributed by atoms with Gasteiger partial charge in [-0.2, -0.15) is 0 Å². The summed E-state index contributed by atoms with van der Waals surface area (Å²) in [4.78, 5) is 5.45. The van der Waals surface area contributed by atoms with Crippen molar-refractivity contribution >= 4 is 33.1 Å². The lowest BCUT2D eigenvalue weighted by Crippen LogP contribution is -2.31. The van der Waals surface area contributed by atoms with Gasteiger partial charge in [0.05, 0.1) is 8.66 Å². The van der Waals surface area contributed by atoms with Crippen LogP contribution in [0.3, 0.4) is 0 Å². The second-order valence-electron chi connectivity index (χ2n) is 3.28. The summed E-state index contributed by atoms with van der Waals surface area (Å²) in [6.07, 6.45) is 0. The van der Waals surface area contributed by atoms with Crippen molar-refractivity contribution in [1.29, 1.82) is 0 Å². The van der Waals surface area contributed by atoms with E-state index in [2.05, 4.69) is 32.4 Å². The molecule has 1 heterocycles. The van der Waals surface area contributed by atoms with Crippen molar-refractivity contribution in [3.63, 3.8) is 0 Å². The van der Waals surface area contributed by atoms with Crippen LogP contribution >= 0.6 is 27.3 Å². The summed E-state index contributed by atoms with van der Waals surface area (Å²) in [6.45, 7) is 6.09. The van der Waals surface area contributed by atoms with Crippen molar-refractivity contribution in [2.75, 3.05) is 0 Å². The quantitative estimate of drug-likeness (QED) is 0.377. The van der Waals surface area contributed by atoms with E-state index in [-0.39, 0.29) is 6.04 Å². The van der Waals surface area contributed by atoms with E-state index in [0.717, 1.165) is 14.5 Å². The predicted molar refractivity (Wildman–Crippen MR) is 65.8 cm³/mol. The lowest BCUT2D eigenvalue weighted by atomic mass is 10.3. The Bertz CT molecular complexity index is 324. The minimum absolute atomic E-state index is 0.238. The number of rotatable bonds is 2. The Morgan fingerprint density at radius 2 is 2.29 bits per heavy atom. The van der Waals surface area contributed by atoms with Gasteiger partial charge in [-0.05, 0) is 48.3 Å². The molecule has 1 rings (SSSR count). The molecular weight excluding hydrogens is 262 g/mol. The van der Waals surface area contributed by atoms with Crippen molar-refractivity contribution in [2.45, 2.75) is 26.8 Å². The number of hydrogen-bond donors (Lipinski definition) is 2. The molecule has 1 aromatic rings. The van der Waals surface area contributed by atoms with E-state index in [1.165, 1.54) is 5.56 Å². The number of aryl methyl sites for hydroxylation is 1. The van der Waals surface area contributed by atoms with Gasteiger partial charge in [-0.15, -0.1) is 11.3 Å². The molecule has 5 heteroatoms. The number of amidine groups is 1. The average Bonchev–Trinajstić information content (AvgIpc) is 2.42. The molecule has 0 unspecified atom stereocenters. The van der Waals surface area contributed by atoms with E-state index in [1.54, 1.807) is 11.3 Å². The molecule has 1 aromatic heterocycles. The smallest absolute Gasteiger partial charge is 0.153 e. The van der Waals surface area contributed by atoms with Crippen LogP contribution < -0.4 is 11.3 Å². The molecule has 0 aliphatic carbocycles. The van der Waals surface area contributed by atoms with Gasteiger partial charge >= 0.3 is 0 Å². The SMILES string of the molecule is Cc1cc(C(=NC(C)C)NN)sc1Br. The van der Waals surface area contributed by atoms with Crippen molar-refractivity contribution in [3.8, 4) is 0 Å². The highest BCUT2D eigenvalue weighted by atomic mass is 79.9. The van der Waals surface area contributed by atoms with Gasteiger partial charge in [-0.1, -0.05) is 0 Å². The average molecular weight is 276 g/mol. The predicted octanol–water partition coefficient (Wildman–Crippen LogP) is 2.44. The van der Waals surface area contributed by atoms with Crippen LogP contribution in [0.2, 0.25) is 0 Å². The Balaban J connectivity index is 3.01. The minimum atomic E-state index is 0.238. The van der Waals surface area contributed by atoms with Gasteiger partial charge in [0.25, 0.3) is 0 Å². The highest BCUT2D eigenvalue weighted by Gasteiger charge is 2.08. The van der Waals surface area contributed by atoms with Crippen LogP contribution in [0.4, 0.5) is 0 Å². The highest BCUT2D eigenvalue weighted by molar-refractivity contribution is 9.11. The number of nitrogens with two attached hydrogens (primary N) is 1. The van der Waals surface area contributed by atoms with Crippen LogP contribution in [0, 0.1) is 6.92 Å². The normalized spacial score (nSPS) is 12.3. The maximum Gasteiger partial charge on any atom is 0.153 e. The first kappa shape index (κ1) is 11.7. The van der Waals surface area contributed by atoms with Crippen LogP contribution in [-0.2, 0) is 0 Å². The molecule has 0 atom stereocenters. The maximum absolute atomic E-state index is 5.42. The van der Waals surface area contributed by atoms with Crippen molar-refractivity contribution in [2.24, 2.45) is 10.8 Å². The summed E-state index contributed by atoms with van der Waals surface area (Å²) in [5.41, 5.74) is 3.84. The van der Waals surface area contributed by atoms with E-state index in [0.29, 0.717) is 0 Å². The lowest BCUT2D eigenvalue weighted by Gasteiger charge is -2.04. The Morgan fingerprint density at radius 3 is 2.64 bits per heavy atom. The molecule has 0 fully saturated rings. The fraction of sp³-hybridized carbons (Fsp3) is 0.444. The fourth-order valence-electron chi connectivity index (χ4n) is 1.01. The highest BCUT2D eigenvalue weighted by Crippen LogP contribution is 2.27. The van der Waals surface area contributed by atoms with Crippen LogP contribution in [0.5, 0.6) is 0 Å². The minimum Gasteiger partial charge on any atom is -0.308 e. The van der Waals surface area contributed by atoms with E-state index in [4.69, 9.17) is 5.84 Å². The van der Waals surface area contributed by atoms with Gasteiger partial charge in [0.15, 0.2) is 5.84 Å². The van der Waals surface area contributed by atoms with Gasteiger partial charge in [0.2, 0.25) is 0 Å². The van der Waals surface area contributed by atoms with Crippen molar-refractivity contribution in [3.05, 3.63) is 20.3 Å².